The molecule has 118 valence electrons. The van der Waals surface area contributed by atoms with Crippen LogP contribution >= 0.6 is 15.9 Å². The van der Waals surface area contributed by atoms with Gasteiger partial charge in [-0.25, -0.2) is 0 Å². The van der Waals surface area contributed by atoms with Gasteiger partial charge in [0, 0.05) is 17.0 Å². The predicted octanol–water partition coefficient (Wildman–Crippen LogP) is 3.51. The van der Waals surface area contributed by atoms with Gasteiger partial charge >= 0.3 is 0 Å². The van der Waals surface area contributed by atoms with Gasteiger partial charge in [-0.05, 0) is 12.1 Å². The third kappa shape index (κ3) is 3.88. The average molecular weight is 361 g/mol. The van der Waals surface area contributed by atoms with Crippen molar-refractivity contribution < 1.29 is 23.7 Å². The van der Waals surface area contributed by atoms with Gasteiger partial charge in [0.15, 0.2) is 24.6 Å². The molecule has 0 aliphatic carbocycles. The number of rotatable bonds is 5. The first-order valence-corrected chi connectivity index (χ1v) is 7.49. The molecule has 0 unspecified atom stereocenters. The van der Waals surface area contributed by atoms with Gasteiger partial charge in [-0.1, -0.05) is 29.8 Å². The maximum absolute atomic E-state index is 5.85. The van der Waals surface area contributed by atoms with E-state index >= 15 is 0 Å². The Morgan fingerprint density at radius 2 is 1.90 bits per heavy atom. The van der Waals surface area contributed by atoms with Crippen LogP contribution in [-0.2, 0) is 14.2 Å². The third-order valence-corrected chi connectivity index (χ3v) is 3.83. The van der Waals surface area contributed by atoms with Gasteiger partial charge in [0.05, 0.1) is 25.9 Å². The van der Waals surface area contributed by atoms with Crippen molar-refractivity contribution in [3.8, 4) is 11.5 Å². The molecule has 1 aliphatic heterocycles. The van der Waals surface area contributed by atoms with Crippen LogP contribution < -0.4 is 9.47 Å². The molecular formula is C15H21BrO5. The number of hydrogen-bond acceptors (Lipinski definition) is 5. The van der Waals surface area contributed by atoms with E-state index in [9.17, 15) is 0 Å². The zero-order chi connectivity index (χ0) is 15.5. The molecule has 0 saturated carbocycles. The van der Waals surface area contributed by atoms with Crippen molar-refractivity contribution in [2.45, 2.75) is 20.1 Å². The molecule has 1 aliphatic rings. The van der Waals surface area contributed by atoms with Crippen molar-refractivity contribution in [1.29, 1.82) is 0 Å². The van der Waals surface area contributed by atoms with E-state index in [0.717, 1.165) is 10.0 Å². The van der Waals surface area contributed by atoms with Crippen molar-refractivity contribution >= 4 is 15.9 Å². The number of benzene rings is 1. The lowest BCUT2D eigenvalue weighted by molar-refractivity contribution is -0.227. The molecular weight excluding hydrogens is 340 g/mol. The first kappa shape index (κ1) is 16.5. The molecule has 6 heteroatoms. The Balaban J connectivity index is 2.32. The molecule has 2 rings (SSSR count). The number of ether oxygens (including phenoxy) is 5. The van der Waals surface area contributed by atoms with Crippen molar-refractivity contribution in [1.82, 2.24) is 0 Å². The summed E-state index contributed by atoms with van der Waals surface area (Å²) in [6, 6.07) is 3.71. The Morgan fingerprint density at radius 1 is 1.24 bits per heavy atom. The van der Waals surface area contributed by atoms with Crippen molar-refractivity contribution in [3.05, 3.63) is 22.2 Å². The number of halogens is 1. The molecule has 1 heterocycles. The Labute approximate surface area is 133 Å². The highest BCUT2D eigenvalue weighted by Crippen LogP contribution is 2.44. The topological polar surface area (TPSA) is 46.2 Å². The smallest absolute Gasteiger partial charge is 0.188 e. The van der Waals surface area contributed by atoms with Gasteiger partial charge < -0.3 is 23.7 Å². The van der Waals surface area contributed by atoms with Gasteiger partial charge in [-0.2, -0.15) is 0 Å². The molecule has 5 nitrogen and oxygen atoms in total. The minimum Gasteiger partial charge on any atom is -0.493 e. The highest BCUT2D eigenvalue weighted by molar-refractivity contribution is 9.10. The Hall–Kier alpha value is -0.820. The summed E-state index contributed by atoms with van der Waals surface area (Å²) in [5.74, 6) is 1.18. The van der Waals surface area contributed by atoms with Gasteiger partial charge in [0.25, 0.3) is 0 Å². The third-order valence-electron chi connectivity index (χ3n) is 3.13. The second kappa shape index (κ2) is 6.96. The summed E-state index contributed by atoms with van der Waals surface area (Å²) in [6.45, 7) is 5.56. The summed E-state index contributed by atoms with van der Waals surface area (Å²) in [5.41, 5.74) is 0.789. The zero-order valence-corrected chi connectivity index (χ0v) is 14.4. The summed E-state index contributed by atoms with van der Waals surface area (Å²) in [4.78, 5) is 0. The van der Waals surface area contributed by atoms with Crippen LogP contribution in [0.4, 0.5) is 0 Å². The van der Waals surface area contributed by atoms with Crippen molar-refractivity contribution in [2.75, 3.05) is 34.2 Å². The van der Waals surface area contributed by atoms with Crippen molar-refractivity contribution in [2.24, 2.45) is 5.41 Å². The minimum atomic E-state index is -0.491. The first-order chi connectivity index (χ1) is 9.98. The standard InChI is InChI=1S/C15H21BrO5/c1-15(2)7-19-14(20-8-15)12-10(16)5-6-11(18-4)13(12)21-9-17-3/h5-6,14H,7-9H2,1-4H3. The fourth-order valence-electron chi connectivity index (χ4n) is 2.06. The largest absolute Gasteiger partial charge is 0.493 e. The Morgan fingerprint density at radius 3 is 2.48 bits per heavy atom. The second-order valence-corrected chi connectivity index (χ2v) is 6.52. The fraction of sp³-hybridized carbons (Fsp3) is 0.600. The number of methoxy groups -OCH3 is 2. The van der Waals surface area contributed by atoms with E-state index in [-0.39, 0.29) is 12.2 Å². The van der Waals surface area contributed by atoms with Gasteiger partial charge in [-0.3, -0.25) is 0 Å². The van der Waals surface area contributed by atoms with Crippen LogP contribution in [0.25, 0.3) is 0 Å². The SMILES string of the molecule is COCOc1c(OC)ccc(Br)c1C1OCC(C)(C)CO1. The van der Waals surface area contributed by atoms with Crippen LogP contribution in [0.2, 0.25) is 0 Å². The maximum Gasteiger partial charge on any atom is 0.188 e. The van der Waals surface area contributed by atoms with Crippen LogP contribution in [-0.4, -0.2) is 34.2 Å². The van der Waals surface area contributed by atoms with E-state index in [2.05, 4.69) is 29.8 Å². The molecule has 0 spiro atoms. The summed E-state index contributed by atoms with van der Waals surface area (Å²) in [7, 11) is 3.17. The summed E-state index contributed by atoms with van der Waals surface area (Å²) in [5, 5.41) is 0. The zero-order valence-electron chi connectivity index (χ0n) is 12.8. The number of hydrogen-bond donors (Lipinski definition) is 0. The molecule has 0 amide bonds. The van der Waals surface area contributed by atoms with Crippen LogP contribution in [0.15, 0.2) is 16.6 Å². The quantitative estimate of drug-likeness (QED) is 0.751. The van der Waals surface area contributed by atoms with E-state index in [1.54, 1.807) is 14.2 Å². The van der Waals surface area contributed by atoms with Crippen LogP contribution in [0.1, 0.15) is 25.7 Å². The molecule has 1 saturated heterocycles. The van der Waals surface area contributed by atoms with E-state index in [1.165, 1.54) is 0 Å². The second-order valence-electron chi connectivity index (χ2n) is 5.66. The molecule has 0 N–H and O–H groups in total. The monoisotopic (exact) mass is 360 g/mol. The van der Waals surface area contributed by atoms with Gasteiger partial charge in [0.1, 0.15) is 0 Å². The molecule has 0 aromatic heterocycles. The first-order valence-electron chi connectivity index (χ1n) is 6.70. The molecule has 0 atom stereocenters. The van der Waals surface area contributed by atoms with Gasteiger partial charge in [-0.15, -0.1) is 0 Å². The van der Waals surface area contributed by atoms with E-state index in [0.29, 0.717) is 24.7 Å². The lowest BCUT2D eigenvalue weighted by Gasteiger charge is -2.35. The molecule has 1 aromatic carbocycles. The molecule has 1 fully saturated rings. The Bertz CT molecular complexity index is 479. The van der Waals surface area contributed by atoms with Gasteiger partial charge in [0.2, 0.25) is 0 Å². The lowest BCUT2D eigenvalue weighted by Crippen LogP contribution is -2.34. The summed E-state index contributed by atoms with van der Waals surface area (Å²) < 4.78 is 28.5. The highest BCUT2D eigenvalue weighted by atomic mass is 79.9. The fourth-order valence-corrected chi connectivity index (χ4v) is 2.56. The average Bonchev–Trinajstić information content (AvgIpc) is 2.46. The summed E-state index contributed by atoms with van der Waals surface area (Å²) >= 11 is 3.53. The van der Waals surface area contributed by atoms with E-state index in [4.69, 9.17) is 23.7 Å². The molecule has 1 aromatic rings. The van der Waals surface area contributed by atoms with E-state index in [1.807, 2.05) is 12.1 Å². The molecule has 0 bridgehead atoms. The molecule has 21 heavy (non-hydrogen) atoms. The van der Waals surface area contributed by atoms with Crippen LogP contribution in [0.5, 0.6) is 11.5 Å². The molecule has 0 radical (unpaired) electrons. The summed E-state index contributed by atoms with van der Waals surface area (Å²) in [6.07, 6.45) is -0.491. The van der Waals surface area contributed by atoms with Crippen molar-refractivity contribution in [3.63, 3.8) is 0 Å². The lowest BCUT2D eigenvalue weighted by atomic mass is 9.95. The minimum absolute atomic E-state index is 0.00932. The highest BCUT2D eigenvalue weighted by Gasteiger charge is 2.33. The van der Waals surface area contributed by atoms with Crippen LogP contribution in [0, 0.1) is 5.41 Å². The predicted molar refractivity (Wildman–Crippen MR) is 81.6 cm³/mol. The normalized spacial score (nSPS) is 18.5. The van der Waals surface area contributed by atoms with Crippen LogP contribution in [0.3, 0.4) is 0 Å². The Kier molecular flexibility index (Phi) is 5.48. The van der Waals surface area contributed by atoms with E-state index < -0.39 is 6.29 Å². The maximum atomic E-state index is 5.85.